The van der Waals surface area contributed by atoms with Gasteiger partial charge in [0.15, 0.2) is 0 Å². The predicted octanol–water partition coefficient (Wildman–Crippen LogP) is 0.652. The number of amides is 1. The first-order valence-corrected chi connectivity index (χ1v) is 6.28. The summed E-state index contributed by atoms with van der Waals surface area (Å²) < 4.78 is 0. The van der Waals surface area contributed by atoms with Crippen molar-refractivity contribution in [3.8, 4) is 0 Å². The van der Waals surface area contributed by atoms with Gasteiger partial charge in [0.25, 0.3) is 0 Å². The molecule has 0 saturated carbocycles. The van der Waals surface area contributed by atoms with Gasteiger partial charge in [-0.3, -0.25) is 4.79 Å². The number of nitrogens with one attached hydrogen (secondary N) is 2. The SMILES string of the molecule is CC1CC(C(=O)NC(C)CCCO)CCN1. The molecule has 1 saturated heterocycles. The molecule has 0 aromatic carbocycles. The van der Waals surface area contributed by atoms with Crippen LogP contribution >= 0.6 is 0 Å². The van der Waals surface area contributed by atoms with Crippen molar-refractivity contribution in [2.45, 2.75) is 51.6 Å². The number of carbonyl (C=O) groups is 1. The first-order valence-electron chi connectivity index (χ1n) is 6.28. The Labute approximate surface area is 97.8 Å². The van der Waals surface area contributed by atoms with E-state index in [1.807, 2.05) is 6.92 Å². The van der Waals surface area contributed by atoms with E-state index in [1.54, 1.807) is 0 Å². The minimum atomic E-state index is 0.160. The highest BCUT2D eigenvalue weighted by Crippen LogP contribution is 2.16. The van der Waals surface area contributed by atoms with Gasteiger partial charge in [-0.05, 0) is 46.1 Å². The summed E-state index contributed by atoms with van der Waals surface area (Å²) in [5.41, 5.74) is 0. The van der Waals surface area contributed by atoms with Crippen molar-refractivity contribution < 1.29 is 9.90 Å². The molecule has 3 unspecified atom stereocenters. The van der Waals surface area contributed by atoms with Gasteiger partial charge >= 0.3 is 0 Å². The fourth-order valence-electron chi connectivity index (χ4n) is 2.20. The Bertz CT molecular complexity index is 221. The lowest BCUT2D eigenvalue weighted by molar-refractivity contribution is -0.126. The van der Waals surface area contributed by atoms with E-state index in [0.29, 0.717) is 6.04 Å². The van der Waals surface area contributed by atoms with Gasteiger partial charge in [0.2, 0.25) is 5.91 Å². The van der Waals surface area contributed by atoms with Crippen molar-refractivity contribution >= 4 is 5.91 Å². The number of carbonyl (C=O) groups excluding carboxylic acids is 1. The maximum atomic E-state index is 11.9. The van der Waals surface area contributed by atoms with E-state index in [1.165, 1.54) is 0 Å². The molecule has 16 heavy (non-hydrogen) atoms. The van der Waals surface area contributed by atoms with Crippen LogP contribution in [0.15, 0.2) is 0 Å². The Kier molecular flexibility index (Phi) is 5.77. The second kappa shape index (κ2) is 6.86. The lowest BCUT2D eigenvalue weighted by Gasteiger charge is -2.28. The van der Waals surface area contributed by atoms with Gasteiger partial charge in [-0.1, -0.05) is 0 Å². The number of hydrogen-bond acceptors (Lipinski definition) is 3. The fraction of sp³-hybridized carbons (Fsp3) is 0.917. The standard InChI is InChI=1S/C12H24N2O2/c1-9(4-3-7-15)14-12(16)11-5-6-13-10(2)8-11/h9-11,13,15H,3-8H2,1-2H3,(H,14,16). The van der Waals surface area contributed by atoms with Crippen LogP contribution < -0.4 is 10.6 Å². The largest absolute Gasteiger partial charge is 0.396 e. The maximum Gasteiger partial charge on any atom is 0.223 e. The highest BCUT2D eigenvalue weighted by molar-refractivity contribution is 5.79. The average Bonchev–Trinajstić information content (AvgIpc) is 2.26. The first-order chi connectivity index (χ1) is 7.63. The molecule has 4 heteroatoms. The third-order valence-electron chi connectivity index (χ3n) is 3.18. The van der Waals surface area contributed by atoms with Gasteiger partial charge in [0.1, 0.15) is 0 Å². The van der Waals surface area contributed by atoms with E-state index in [9.17, 15) is 4.79 Å². The highest BCUT2D eigenvalue weighted by atomic mass is 16.2. The van der Waals surface area contributed by atoms with Crippen molar-refractivity contribution in [3.05, 3.63) is 0 Å². The van der Waals surface area contributed by atoms with E-state index in [2.05, 4.69) is 17.6 Å². The van der Waals surface area contributed by atoms with Gasteiger partial charge in [-0.15, -0.1) is 0 Å². The van der Waals surface area contributed by atoms with Gasteiger partial charge in [0, 0.05) is 24.6 Å². The number of rotatable bonds is 5. The second-order valence-corrected chi connectivity index (χ2v) is 4.85. The number of piperidine rings is 1. The second-order valence-electron chi connectivity index (χ2n) is 4.85. The molecule has 1 fully saturated rings. The quantitative estimate of drug-likeness (QED) is 0.647. The maximum absolute atomic E-state index is 11.9. The van der Waals surface area contributed by atoms with Gasteiger partial charge < -0.3 is 15.7 Å². The first kappa shape index (κ1) is 13.5. The molecular weight excluding hydrogens is 204 g/mol. The molecular formula is C12H24N2O2. The zero-order valence-corrected chi connectivity index (χ0v) is 10.3. The third-order valence-corrected chi connectivity index (χ3v) is 3.18. The van der Waals surface area contributed by atoms with E-state index in [4.69, 9.17) is 5.11 Å². The Morgan fingerprint density at radius 3 is 3.00 bits per heavy atom. The molecule has 3 N–H and O–H groups in total. The molecule has 1 amide bonds. The number of aliphatic hydroxyl groups excluding tert-OH is 1. The van der Waals surface area contributed by atoms with Crippen LogP contribution in [0.5, 0.6) is 0 Å². The summed E-state index contributed by atoms with van der Waals surface area (Å²) in [7, 11) is 0. The van der Waals surface area contributed by atoms with E-state index in [0.717, 1.165) is 32.2 Å². The Morgan fingerprint density at radius 2 is 2.38 bits per heavy atom. The topological polar surface area (TPSA) is 61.4 Å². The highest BCUT2D eigenvalue weighted by Gasteiger charge is 2.25. The molecule has 1 heterocycles. The van der Waals surface area contributed by atoms with Gasteiger partial charge in [0.05, 0.1) is 0 Å². The predicted molar refractivity (Wildman–Crippen MR) is 64.1 cm³/mol. The molecule has 3 atom stereocenters. The molecule has 1 rings (SSSR count). The summed E-state index contributed by atoms with van der Waals surface area (Å²) >= 11 is 0. The summed E-state index contributed by atoms with van der Waals surface area (Å²) in [5, 5.41) is 15.1. The van der Waals surface area contributed by atoms with Crippen LogP contribution in [-0.4, -0.2) is 36.2 Å². The minimum absolute atomic E-state index is 0.160. The van der Waals surface area contributed by atoms with Crippen molar-refractivity contribution in [3.63, 3.8) is 0 Å². The molecule has 1 aliphatic heterocycles. The summed E-state index contributed by atoms with van der Waals surface area (Å²) in [4.78, 5) is 11.9. The van der Waals surface area contributed by atoms with Crippen LogP contribution in [0, 0.1) is 5.92 Å². The van der Waals surface area contributed by atoms with Crippen molar-refractivity contribution in [2.75, 3.05) is 13.2 Å². The summed E-state index contributed by atoms with van der Waals surface area (Å²) in [6.07, 6.45) is 3.47. The normalized spacial score (nSPS) is 27.4. The van der Waals surface area contributed by atoms with Gasteiger partial charge in [-0.25, -0.2) is 0 Å². The van der Waals surface area contributed by atoms with Crippen molar-refractivity contribution in [1.29, 1.82) is 0 Å². The molecule has 0 aromatic heterocycles. The van der Waals surface area contributed by atoms with Crippen LogP contribution in [0.3, 0.4) is 0 Å². The zero-order chi connectivity index (χ0) is 12.0. The lowest BCUT2D eigenvalue weighted by Crippen LogP contribution is -2.44. The van der Waals surface area contributed by atoms with E-state index in [-0.39, 0.29) is 24.5 Å². The van der Waals surface area contributed by atoms with Crippen LogP contribution in [0.1, 0.15) is 39.5 Å². The molecule has 4 nitrogen and oxygen atoms in total. The summed E-state index contributed by atoms with van der Waals surface area (Å²) in [5.74, 6) is 0.339. The van der Waals surface area contributed by atoms with E-state index >= 15 is 0 Å². The van der Waals surface area contributed by atoms with Gasteiger partial charge in [-0.2, -0.15) is 0 Å². The monoisotopic (exact) mass is 228 g/mol. The van der Waals surface area contributed by atoms with Crippen molar-refractivity contribution in [2.24, 2.45) is 5.92 Å². The minimum Gasteiger partial charge on any atom is -0.396 e. The Hall–Kier alpha value is -0.610. The third kappa shape index (κ3) is 4.49. The molecule has 94 valence electrons. The Balaban J connectivity index is 2.27. The van der Waals surface area contributed by atoms with Crippen LogP contribution in [-0.2, 0) is 4.79 Å². The zero-order valence-electron chi connectivity index (χ0n) is 10.3. The molecule has 0 bridgehead atoms. The number of hydrogen-bond donors (Lipinski definition) is 3. The molecule has 0 aromatic rings. The molecule has 1 aliphatic rings. The lowest BCUT2D eigenvalue weighted by atomic mass is 9.92. The smallest absolute Gasteiger partial charge is 0.223 e. The molecule has 0 spiro atoms. The van der Waals surface area contributed by atoms with Crippen LogP contribution in [0.25, 0.3) is 0 Å². The van der Waals surface area contributed by atoms with E-state index < -0.39 is 0 Å². The average molecular weight is 228 g/mol. The van der Waals surface area contributed by atoms with Crippen LogP contribution in [0.4, 0.5) is 0 Å². The molecule has 0 radical (unpaired) electrons. The van der Waals surface area contributed by atoms with Crippen molar-refractivity contribution in [1.82, 2.24) is 10.6 Å². The molecule has 0 aliphatic carbocycles. The summed E-state index contributed by atoms with van der Waals surface area (Å²) in [6, 6.07) is 0.613. The fourth-order valence-corrected chi connectivity index (χ4v) is 2.20. The van der Waals surface area contributed by atoms with Crippen LogP contribution in [0.2, 0.25) is 0 Å². The number of aliphatic hydroxyl groups is 1. The summed E-state index contributed by atoms with van der Waals surface area (Å²) in [6.45, 7) is 5.25. The Morgan fingerprint density at radius 1 is 1.62 bits per heavy atom.